The number of aromatic nitrogens is 3. The van der Waals surface area contributed by atoms with Crippen molar-refractivity contribution in [2.45, 2.75) is 6.54 Å². The van der Waals surface area contributed by atoms with Gasteiger partial charge in [-0.1, -0.05) is 0 Å². The second kappa shape index (κ2) is 7.73. The lowest BCUT2D eigenvalue weighted by Crippen LogP contribution is -2.36. The van der Waals surface area contributed by atoms with E-state index in [0.29, 0.717) is 37.0 Å². The highest BCUT2D eigenvalue weighted by Crippen LogP contribution is 2.33. The van der Waals surface area contributed by atoms with Gasteiger partial charge < -0.3 is 25.1 Å². The Morgan fingerprint density at radius 2 is 2.14 bits per heavy atom. The SMILES string of the molecule is COc1ccc2cc1OCCNC(=O)CN(C)Cc1c[nH]c3ncnc(c13)N2. The first-order valence-corrected chi connectivity index (χ1v) is 8.98. The number of hydrogen-bond acceptors (Lipinski definition) is 7. The summed E-state index contributed by atoms with van der Waals surface area (Å²) in [5.41, 5.74) is 2.56. The van der Waals surface area contributed by atoms with Gasteiger partial charge in [0.1, 0.15) is 24.4 Å². The molecular weight excluding hydrogens is 360 g/mol. The van der Waals surface area contributed by atoms with Crippen LogP contribution in [0.3, 0.4) is 0 Å². The van der Waals surface area contributed by atoms with Gasteiger partial charge in [-0.3, -0.25) is 9.69 Å². The minimum atomic E-state index is -0.0591. The van der Waals surface area contributed by atoms with Gasteiger partial charge in [-0.2, -0.15) is 0 Å². The molecule has 1 aliphatic rings. The highest BCUT2D eigenvalue weighted by Gasteiger charge is 2.16. The number of benzene rings is 1. The molecule has 2 bridgehead atoms. The van der Waals surface area contributed by atoms with Crippen LogP contribution >= 0.6 is 0 Å². The number of carbonyl (C=O) groups excluding carboxylic acids is 1. The minimum absolute atomic E-state index is 0.0591. The number of nitrogens with zero attached hydrogens (tertiary/aromatic N) is 3. The molecule has 2 aromatic heterocycles. The molecule has 1 aromatic carbocycles. The lowest BCUT2D eigenvalue weighted by atomic mass is 10.2. The fourth-order valence-corrected chi connectivity index (χ4v) is 3.25. The number of carbonyl (C=O) groups is 1. The molecule has 0 fully saturated rings. The number of fused-ring (bicyclic) bond motifs is 2. The van der Waals surface area contributed by atoms with E-state index in [1.807, 2.05) is 36.3 Å². The largest absolute Gasteiger partial charge is 0.493 e. The molecule has 0 atom stereocenters. The highest BCUT2D eigenvalue weighted by molar-refractivity contribution is 5.92. The molecule has 146 valence electrons. The first kappa shape index (κ1) is 18.1. The Hall–Kier alpha value is -3.33. The van der Waals surface area contributed by atoms with Crippen molar-refractivity contribution in [3.8, 4) is 11.5 Å². The average molecular weight is 382 g/mol. The number of ether oxygens (including phenoxy) is 2. The van der Waals surface area contributed by atoms with Crippen LogP contribution in [-0.2, 0) is 11.3 Å². The molecule has 4 rings (SSSR count). The van der Waals surface area contributed by atoms with Gasteiger partial charge in [0.25, 0.3) is 0 Å². The maximum Gasteiger partial charge on any atom is 0.234 e. The fraction of sp³-hybridized carbons (Fsp3) is 0.316. The smallest absolute Gasteiger partial charge is 0.234 e. The third kappa shape index (κ3) is 3.70. The summed E-state index contributed by atoms with van der Waals surface area (Å²) in [5, 5.41) is 7.11. The molecule has 3 aromatic rings. The highest BCUT2D eigenvalue weighted by atomic mass is 16.5. The quantitative estimate of drug-likeness (QED) is 0.588. The van der Waals surface area contributed by atoms with Crippen LogP contribution in [0.2, 0.25) is 0 Å². The first-order chi connectivity index (χ1) is 13.6. The molecule has 0 saturated heterocycles. The lowest BCUT2D eigenvalue weighted by molar-refractivity contribution is -0.122. The Kier molecular flexibility index (Phi) is 4.98. The third-order valence-electron chi connectivity index (χ3n) is 4.51. The summed E-state index contributed by atoms with van der Waals surface area (Å²) < 4.78 is 11.2. The van der Waals surface area contributed by atoms with Crippen molar-refractivity contribution in [2.24, 2.45) is 0 Å². The van der Waals surface area contributed by atoms with Crippen molar-refractivity contribution in [3.63, 3.8) is 0 Å². The van der Waals surface area contributed by atoms with Gasteiger partial charge >= 0.3 is 0 Å². The van der Waals surface area contributed by atoms with Crippen LogP contribution in [0.15, 0.2) is 30.7 Å². The van der Waals surface area contributed by atoms with Gasteiger partial charge in [0.2, 0.25) is 5.91 Å². The number of hydrogen-bond donors (Lipinski definition) is 3. The number of nitrogens with one attached hydrogen (secondary N) is 3. The van der Waals surface area contributed by atoms with Crippen molar-refractivity contribution in [2.75, 3.05) is 39.2 Å². The van der Waals surface area contributed by atoms with Crippen LogP contribution in [0.1, 0.15) is 5.56 Å². The molecular formula is C19H22N6O3. The van der Waals surface area contributed by atoms with Crippen LogP contribution in [0.4, 0.5) is 11.5 Å². The maximum atomic E-state index is 12.2. The predicted molar refractivity (Wildman–Crippen MR) is 105 cm³/mol. The van der Waals surface area contributed by atoms with Crippen LogP contribution in [-0.4, -0.2) is 59.6 Å². The molecule has 28 heavy (non-hydrogen) atoms. The average Bonchev–Trinajstić information content (AvgIpc) is 3.08. The number of likely N-dealkylation sites (N-methyl/N-ethyl adjacent to an activating group) is 1. The van der Waals surface area contributed by atoms with Crippen LogP contribution in [0.5, 0.6) is 11.5 Å². The zero-order valence-corrected chi connectivity index (χ0v) is 15.8. The number of methoxy groups -OCH3 is 1. The molecule has 0 saturated carbocycles. The molecule has 1 aliphatic heterocycles. The summed E-state index contributed by atoms with van der Waals surface area (Å²) in [7, 11) is 3.49. The second-order valence-electron chi connectivity index (χ2n) is 6.62. The van der Waals surface area contributed by atoms with E-state index in [2.05, 4.69) is 25.6 Å². The molecule has 1 amide bonds. The topological polar surface area (TPSA) is 104 Å². The zero-order chi connectivity index (χ0) is 19.5. The van der Waals surface area contributed by atoms with Crippen molar-refractivity contribution >= 4 is 28.4 Å². The zero-order valence-electron chi connectivity index (χ0n) is 15.8. The predicted octanol–water partition coefficient (Wildman–Crippen LogP) is 1.65. The Labute approximate surface area is 162 Å². The van der Waals surface area contributed by atoms with Crippen LogP contribution < -0.4 is 20.1 Å². The molecule has 0 aliphatic carbocycles. The monoisotopic (exact) mass is 382 g/mol. The molecule has 3 heterocycles. The molecule has 0 radical (unpaired) electrons. The molecule has 9 heteroatoms. The fourth-order valence-electron chi connectivity index (χ4n) is 3.25. The number of rotatable bonds is 1. The number of aromatic amines is 1. The summed E-state index contributed by atoms with van der Waals surface area (Å²) in [6, 6.07) is 5.59. The Morgan fingerprint density at radius 1 is 1.25 bits per heavy atom. The van der Waals surface area contributed by atoms with Crippen molar-refractivity contribution in [3.05, 3.63) is 36.3 Å². The van der Waals surface area contributed by atoms with Gasteiger partial charge in [0.05, 0.1) is 25.6 Å². The summed E-state index contributed by atoms with van der Waals surface area (Å²) in [6.07, 6.45) is 3.41. The van der Waals surface area contributed by atoms with E-state index in [9.17, 15) is 4.79 Å². The Morgan fingerprint density at radius 3 is 3.00 bits per heavy atom. The van der Waals surface area contributed by atoms with Gasteiger partial charge in [-0.25, -0.2) is 9.97 Å². The standard InChI is InChI=1S/C19H22N6O3/c1-25-9-12-8-21-18-17(12)19(23-11-22-18)24-13-3-4-14(27-2)15(7-13)28-6-5-20-16(26)10-25/h3-4,7-8,11H,5-6,9-10H2,1-2H3,(H,20,26)(H2,21,22,23,24). The summed E-state index contributed by atoms with van der Waals surface area (Å²) in [6.45, 7) is 1.61. The van der Waals surface area contributed by atoms with E-state index < -0.39 is 0 Å². The van der Waals surface area contributed by atoms with Gasteiger partial charge in [-0.15, -0.1) is 0 Å². The van der Waals surface area contributed by atoms with E-state index in [4.69, 9.17) is 9.47 Å². The van der Waals surface area contributed by atoms with Gasteiger partial charge in [-0.05, 0) is 24.7 Å². The van der Waals surface area contributed by atoms with E-state index in [-0.39, 0.29) is 12.5 Å². The van der Waals surface area contributed by atoms with Crippen LogP contribution in [0.25, 0.3) is 11.0 Å². The van der Waals surface area contributed by atoms with Gasteiger partial charge in [0.15, 0.2) is 11.5 Å². The van der Waals surface area contributed by atoms with E-state index in [1.165, 1.54) is 6.33 Å². The number of amides is 1. The van der Waals surface area contributed by atoms with Gasteiger partial charge in [0, 0.05) is 24.5 Å². The summed E-state index contributed by atoms with van der Waals surface area (Å²) in [5.74, 6) is 1.84. The molecule has 9 nitrogen and oxygen atoms in total. The lowest BCUT2D eigenvalue weighted by Gasteiger charge is -2.16. The number of anilines is 2. The number of H-pyrrole nitrogens is 1. The first-order valence-electron chi connectivity index (χ1n) is 8.98. The molecule has 0 spiro atoms. The Bertz CT molecular complexity index is 1000. The summed E-state index contributed by atoms with van der Waals surface area (Å²) in [4.78, 5) is 26.0. The third-order valence-corrected chi connectivity index (χ3v) is 4.51. The minimum Gasteiger partial charge on any atom is -0.493 e. The van der Waals surface area contributed by atoms with Crippen molar-refractivity contribution in [1.29, 1.82) is 0 Å². The van der Waals surface area contributed by atoms with E-state index in [0.717, 1.165) is 22.3 Å². The molecule has 0 unspecified atom stereocenters. The van der Waals surface area contributed by atoms with Crippen molar-refractivity contribution < 1.29 is 14.3 Å². The Balaban J connectivity index is 1.77. The normalized spacial score (nSPS) is 15.7. The second-order valence-corrected chi connectivity index (χ2v) is 6.62. The van der Waals surface area contributed by atoms with Crippen LogP contribution in [0, 0.1) is 0 Å². The van der Waals surface area contributed by atoms with E-state index >= 15 is 0 Å². The molecule has 3 N–H and O–H groups in total. The van der Waals surface area contributed by atoms with E-state index in [1.54, 1.807) is 7.11 Å². The summed E-state index contributed by atoms with van der Waals surface area (Å²) >= 11 is 0. The van der Waals surface area contributed by atoms with Crippen molar-refractivity contribution in [1.82, 2.24) is 25.2 Å². The maximum absolute atomic E-state index is 12.2.